The van der Waals surface area contributed by atoms with E-state index in [0.29, 0.717) is 0 Å². The van der Waals surface area contributed by atoms with E-state index in [2.05, 4.69) is 36.2 Å². The van der Waals surface area contributed by atoms with E-state index in [0.717, 1.165) is 30.7 Å². The quantitative estimate of drug-likeness (QED) is 0.688. The van der Waals surface area contributed by atoms with Crippen LogP contribution in [0.1, 0.15) is 37.2 Å². The van der Waals surface area contributed by atoms with Crippen molar-refractivity contribution in [1.82, 2.24) is 10.2 Å². The van der Waals surface area contributed by atoms with Crippen molar-refractivity contribution in [1.29, 1.82) is 0 Å². The Morgan fingerprint density at radius 2 is 2.08 bits per heavy atom. The minimum Gasteiger partial charge on any atom is -0.155 e. The molecule has 0 aliphatic heterocycles. The molecule has 0 amide bonds. The van der Waals surface area contributed by atoms with Gasteiger partial charge in [0, 0.05) is 12.0 Å². The van der Waals surface area contributed by atoms with Crippen LogP contribution in [0.4, 0.5) is 0 Å². The van der Waals surface area contributed by atoms with Gasteiger partial charge < -0.3 is 0 Å². The largest absolute Gasteiger partial charge is 0.155 e. The Hall–Kier alpha value is -1.18. The third-order valence-electron chi connectivity index (χ3n) is 2.55. The smallest absolute Gasteiger partial charge is 0.0743 e. The van der Waals surface area contributed by atoms with Crippen LogP contribution >= 0.6 is 0 Å². The first-order valence-electron chi connectivity index (χ1n) is 4.90. The molecule has 0 fully saturated rings. The maximum atomic E-state index is 4.23. The second kappa shape index (κ2) is 3.29. The fraction of sp³-hybridized carbons (Fsp3) is 0.455. The molecule has 0 spiro atoms. The lowest BCUT2D eigenvalue weighted by molar-refractivity contribution is 0.879. The second-order valence-corrected chi connectivity index (χ2v) is 3.34. The predicted molar refractivity (Wildman–Crippen MR) is 53.4 cm³/mol. The Morgan fingerprint density at radius 3 is 2.77 bits per heavy atom. The van der Waals surface area contributed by atoms with Gasteiger partial charge in [0.2, 0.25) is 0 Å². The molecule has 2 rings (SSSR count). The predicted octanol–water partition coefficient (Wildman–Crippen LogP) is 2.39. The van der Waals surface area contributed by atoms with Crippen LogP contribution in [0.2, 0.25) is 0 Å². The maximum Gasteiger partial charge on any atom is 0.0743 e. The zero-order valence-corrected chi connectivity index (χ0v) is 8.17. The molecule has 1 aliphatic rings. The van der Waals surface area contributed by atoms with Crippen LogP contribution in [-0.2, 0) is 12.8 Å². The van der Waals surface area contributed by atoms with Crippen molar-refractivity contribution in [3.8, 4) is 0 Å². The van der Waals surface area contributed by atoms with Gasteiger partial charge in [-0.1, -0.05) is 19.9 Å². The summed E-state index contributed by atoms with van der Waals surface area (Å²) in [5.74, 6) is 0. The van der Waals surface area contributed by atoms with Gasteiger partial charge in [0.1, 0.15) is 0 Å². The van der Waals surface area contributed by atoms with Gasteiger partial charge in [-0.25, -0.2) is 0 Å². The van der Waals surface area contributed by atoms with E-state index >= 15 is 0 Å². The van der Waals surface area contributed by atoms with Crippen LogP contribution in [-0.4, -0.2) is 10.2 Å². The number of hydrogen-bond donors (Lipinski definition) is 0. The van der Waals surface area contributed by atoms with Crippen LogP contribution in [0.25, 0.3) is 5.57 Å². The van der Waals surface area contributed by atoms with Crippen molar-refractivity contribution in [2.75, 3.05) is 0 Å². The highest BCUT2D eigenvalue weighted by Crippen LogP contribution is 2.27. The number of hydrogen-bond acceptors (Lipinski definition) is 2. The zero-order chi connectivity index (χ0) is 9.26. The van der Waals surface area contributed by atoms with Gasteiger partial charge in [-0.15, -0.1) is 0 Å². The van der Waals surface area contributed by atoms with E-state index in [1.165, 1.54) is 11.1 Å². The topological polar surface area (TPSA) is 25.8 Å². The van der Waals surface area contributed by atoms with Crippen LogP contribution < -0.4 is 0 Å². The molecule has 1 heterocycles. The molecule has 68 valence electrons. The number of nitrogens with zero attached hydrogens (tertiary/aromatic N) is 2. The van der Waals surface area contributed by atoms with E-state index in [1.54, 1.807) is 0 Å². The summed E-state index contributed by atoms with van der Waals surface area (Å²) in [5, 5.41) is 8.38. The zero-order valence-electron chi connectivity index (χ0n) is 8.17. The number of aromatic nitrogens is 2. The van der Waals surface area contributed by atoms with Crippen LogP contribution in [0, 0.1) is 0 Å². The second-order valence-electron chi connectivity index (χ2n) is 3.34. The van der Waals surface area contributed by atoms with Crippen molar-refractivity contribution in [2.45, 2.75) is 33.1 Å². The molecule has 0 aromatic carbocycles. The summed E-state index contributed by atoms with van der Waals surface area (Å²) in [6.07, 6.45) is 5.30. The minimum absolute atomic E-state index is 0.968. The monoisotopic (exact) mass is 174 g/mol. The first-order valence-corrected chi connectivity index (χ1v) is 4.90. The van der Waals surface area contributed by atoms with E-state index in [4.69, 9.17) is 0 Å². The summed E-state index contributed by atoms with van der Waals surface area (Å²) < 4.78 is 0. The summed E-state index contributed by atoms with van der Waals surface area (Å²) in [6, 6.07) is 2.19. The summed E-state index contributed by atoms with van der Waals surface area (Å²) in [4.78, 5) is 0. The highest BCUT2D eigenvalue weighted by atomic mass is 15.1. The molecule has 0 bridgehead atoms. The van der Waals surface area contributed by atoms with Crippen molar-refractivity contribution in [2.24, 2.45) is 0 Å². The average Bonchev–Trinajstić information content (AvgIpc) is 2.59. The number of allylic oxidation sites excluding steroid dienone is 2. The molecule has 0 saturated carbocycles. The molecule has 1 aromatic heterocycles. The fourth-order valence-corrected chi connectivity index (χ4v) is 1.72. The SMILES string of the molecule is CCC1=CCc2nnc(CC)cc21. The molecule has 0 radical (unpaired) electrons. The van der Waals surface area contributed by atoms with Gasteiger partial charge in [0.25, 0.3) is 0 Å². The van der Waals surface area contributed by atoms with Crippen LogP contribution in [0.3, 0.4) is 0 Å². The van der Waals surface area contributed by atoms with E-state index in [1.807, 2.05) is 0 Å². The Kier molecular flexibility index (Phi) is 2.13. The molecule has 1 aromatic rings. The lowest BCUT2D eigenvalue weighted by Crippen LogP contribution is -1.97. The summed E-state index contributed by atoms with van der Waals surface area (Å²) in [6.45, 7) is 4.30. The number of rotatable bonds is 2. The lowest BCUT2D eigenvalue weighted by atomic mass is 10.1. The third-order valence-corrected chi connectivity index (χ3v) is 2.55. The van der Waals surface area contributed by atoms with Crippen LogP contribution in [0.15, 0.2) is 12.1 Å². The summed E-state index contributed by atoms with van der Waals surface area (Å²) >= 11 is 0. The van der Waals surface area contributed by atoms with E-state index in [9.17, 15) is 0 Å². The molecule has 2 nitrogen and oxygen atoms in total. The Morgan fingerprint density at radius 1 is 1.23 bits per heavy atom. The van der Waals surface area contributed by atoms with E-state index in [-0.39, 0.29) is 0 Å². The molecule has 2 heteroatoms. The van der Waals surface area contributed by atoms with Crippen molar-refractivity contribution in [3.63, 3.8) is 0 Å². The molecule has 0 saturated heterocycles. The fourth-order valence-electron chi connectivity index (χ4n) is 1.72. The van der Waals surface area contributed by atoms with Gasteiger partial charge in [-0.2, -0.15) is 10.2 Å². The summed E-state index contributed by atoms with van der Waals surface area (Å²) in [5.41, 5.74) is 5.00. The van der Waals surface area contributed by atoms with Gasteiger partial charge in [-0.3, -0.25) is 0 Å². The molecule has 0 atom stereocenters. The van der Waals surface area contributed by atoms with Gasteiger partial charge in [0.15, 0.2) is 0 Å². The van der Waals surface area contributed by atoms with Gasteiger partial charge in [-0.05, 0) is 24.5 Å². The molecule has 0 N–H and O–H groups in total. The van der Waals surface area contributed by atoms with Crippen molar-refractivity contribution in [3.05, 3.63) is 29.1 Å². The normalized spacial score (nSPS) is 14.2. The maximum absolute atomic E-state index is 4.23. The Balaban J connectivity index is 2.44. The minimum atomic E-state index is 0.968. The number of fused-ring (bicyclic) bond motifs is 1. The molecule has 13 heavy (non-hydrogen) atoms. The van der Waals surface area contributed by atoms with Crippen molar-refractivity contribution < 1.29 is 0 Å². The Labute approximate surface area is 78.7 Å². The molecular weight excluding hydrogens is 160 g/mol. The Bertz CT molecular complexity index is 353. The standard InChI is InChI=1S/C11H14N2/c1-3-8-5-6-11-10(8)7-9(4-2)12-13-11/h5,7H,3-4,6H2,1-2H3. The first kappa shape index (κ1) is 8.42. The van der Waals surface area contributed by atoms with Crippen molar-refractivity contribution >= 4 is 5.57 Å². The van der Waals surface area contributed by atoms with Crippen LogP contribution in [0.5, 0.6) is 0 Å². The number of aryl methyl sites for hydroxylation is 1. The lowest BCUT2D eigenvalue weighted by Gasteiger charge is -2.03. The van der Waals surface area contributed by atoms with Gasteiger partial charge >= 0.3 is 0 Å². The molecular formula is C11H14N2. The first-order chi connectivity index (χ1) is 6.35. The summed E-state index contributed by atoms with van der Waals surface area (Å²) in [7, 11) is 0. The highest BCUT2D eigenvalue weighted by molar-refractivity contribution is 5.71. The van der Waals surface area contributed by atoms with Gasteiger partial charge in [0.05, 0.1) is 11.4 Å². The molecule has 1 aliphatic carbocycles. The highest BCUT2D eigenvalue weighted by Gasteiger charge is 2.14. The third kappa shape index (κ3) is 1.37. The molecule has 0 unspecified atom stereocenters. The van der Waals surface area contributed by atoms with E-state index < -0.39 is 0 Å². The average molecular weight is 174 g/mol.